The van der Waals surface area contributed by atoms with Crippen LogP contribution in [0.2, 0.25) is 0 Å². The van der Waals surface area contributed by atoms with Crippen molar-refractivity contribution in [2.75, 3.05) is 25.0 Å². The van der Waals surface area contributed by atoms with Gasteiger partial charge in [-0.1, -0.05) is 0 Å². The second-order valence-electron chi connectivity index (χ2n) is 5.73. The van der Waals surface area contributed by atoms with Crippen molar-refractivity contribution >= 4 is 5.82 Å². The molecule has 112 valence electrons. The maximum absolute atomic E-state index is 5.93. The van der Waals surface area contributed by atoms with Crippen LogP contribution in [0.15, 0.2) is 18.3 Å². The molecular formula is C16H27N3O. The molecule has 4 heteroatoms. The van der Waals surface area contributed by atoms with Crippen molar-refractivity contribution < 1.29 is 4.74 Å². The molecule has 1 unspecified atom stereocenters. The number of hydrogen-bond donors (Lipinski definition) is 1. The SMILES string of the molecule is CNCCC1CCCCN1c1ncccc1OC(C)C. The molecule has 2 rings (SSSR count). The van der Waals surface area contributed by atoms with Crippen LogP contribution in [0.1, 0.15) is 39.5 Å². The summed E-state index contributed by atoms with van der Waals surface area (Å²) in [7, 11) is 2.02. The molecule has 1 aliphatic heterocycles. The second-order valence-corrected chi connectivity index (χ2v) is 5.73. The molecule has 1 atom stereocenters. The van der Waals surface area contributed by atoms with Gasteiger partial charge in [0.25, 0.3) is 0 Å². The van der Waals surface area contributed by atoms with E-state index in [0.717, 1.165) is 31.1 Å². The zero-order valence-electron chi connectivity index (χ0n) is 12.9. The van der Waals surface area contributed by atoms with Gasteiger partial charge in [-0.3, -0.25) is 0 Å². The molecule has 0 spiro atoms. The lowest BCUT2D eigenvalue weighted by Crippen LogP contribution is -2.41. The Morgan fingerprint density at radius 2 is 2.30 bits per heavy atom. The van der Waals surface area contributed by atoms with Gasteiger partial charge in [0, 0.05) is 18.8 Å². The van der Waals surface area contributed by atoms with Crippen molar-refractivity contribution in [2.45, 2.75) is 51.7 Å². The lowest BCUT2D eigenvalue weighted by Gasteiger charge is -2.37. The molecule has 0 amide bonds. The molecule has 1 aromatic rings. The van der Waals surface area contributed by atoms with E-state index >= 15 is 0 Å². The molecule has 1 saturated heterocycles. The Balaban J connectivity index is 2.18. The smallest absolute Gasteiger partial charge is 0.171 e. The summed E-state index contributed by atoms with van der Waals surface area (Å²) < 4.78 is 5.93. The van der Waals surface area contributed by atoms with Gasteiger partial charge >= 0.3 is 0 Å². The molecule has 0 aliphatic carbocycles. The fourth-order valence-electron chi connectivity index (χ4n) is 2.83. The van der Waals surface area contributed by atoms with Gasteiger partial charge in [0.15, 0.2) is 11.6 Å². The van der Waals surface area contributed by atoms with Crippen LogP contribution in [0.25, 0.3) is 0 Å². The first-order valence-electron chi connectivity index (χ1n) is 7.75. The molecule has 20 heavy (non-hydrogen) atoms. The molecule has 4 nitrogen and oxygen atoms in total. The zero-order chi connectivity index (χ0) is 14.4. The minimum Gasteiger partial charge on any atom is -0.487 e. The highest BCUT2D eigenvalue weighted by atomic mass is 16.5. The van der Waals surface area contributed by atoms with E-state index in [0.29, 0.717) is 6.04 Å². The topological polar surface area (TPSA) is 37.4 Å². The average Bonchev–Trinajstić information content (AvgIpc) is 2.45. The van der Waals surface area contributed by atoms with E-state index in [2.05, 4.69) is 29.0 Å². The molecule has 1 N–H and O–H groups in total. The summed E-state index contributed by atoms with van der Waals surface area (Å²) in [6.45, 7) is 6.26. The van der Waals surface area contributed by atoms with Gasteiger partial charge in [-0.25, -0.2) is 4.98 Å². The van der Waals surface area contributed by atoms with Crippen molar-refractivity contribution in [1.29, 1.82) is 0 Å². The van der Waals surface area contributed by atoms with E-state index in [4.69, 9.17) is 4.74 Å². The molecule has 1 aliphatic rings. The summed E-state index contributed by atoms with van der Waals surface area (Å²) in [6.07, 6.45) is 7.02. The van der Waals surface area contributed by atoms with Crippen molar-refractivity contribution in [1.82, 2.24) is 10.3 Å². The lowest BCUT2D eigenvalue weighted by molar-refractivity contribution is 0.240. The van der Waals surface area contributed by atoms with E-state index in [-0.39, 0.29) is 6.10 Å². The maximum Gasteiger partial charge on any atom is 0.171 e. The highest BCUT2D eigenvalue weighted by Crippen LogP contribution is 2.32. The predicted molar refractivity (Wildman–Crippen MR) is 83.5 cm³/mol. The Kier molecular flexibility index (Phi) is 5.65. The van der Waals surface area contributed by atoms with Crippen LogP contribution in [-0.2, 0) is 0 Å². The molecule has 1 fully saturated rings. The minimum absolute atomic E-state index is 0.179. The molecule has 2 heterocycles. The average molecular weight is 277 g/mol. The lowest BCUT2D eigenvalue weighted by atomic mass is 9.99. The zero-order valence-corrected chi connectivity index (χ0v) is 12.9. The van der Waals surface area contributed by atoms with Crippen molar-refractivity contribution in [3.8, 4) is 5.75 Å². The van der Waals surface area contributed by atoms with Crippen LogP contribution in [0.5, 0.6) is 5.75 Å². The quantitative estimate of drug-likeness (QED) is 0.867. The predicted octanol–water partition coefficient (Wildman–Crippen LogP) is 2.84. The molecule has 0 saturated carbocycles. The van der Waals surface area contributed by atoms with Gasteiger partial charge in [-0.2, -0.15) is 0 Å². The summed E-state index contributed by atoms with van der Waals surface area (Å²) in [5, 5.41) is 3.26. The first-order valence-corrected chi connectivity index (χ1v) is 7.75. The van der Waals surface area contributed by atoms with Crippen molar-refractivity contribution in [2.24, 2.45) is 0 Å². The van der Waals surface area contributed by atoms with Crippen LogP contribution in [-0.4, -0.2) is 37.3 Å². The summed E-state index contributed by atoms with van der Waals surface area (Å²) in [6, 6.07) is 4.56. The van der Waals surface area contributed by atoms with Crippen LogP contribution in [0, 0.1) is 0 Å². The highest BCUT2D eigenvalue weighted by molar-refractivity contribution is 5.53. The van der Waals surface area contributed by atoms with E-state index in [1.165, 1.54) is 19.3 Å². The van der Waals surface area contributed by atoms with Crippen molar-refractivity contribution in [3.63, 3.8) is 0 Å². The van der Waals surface area contributed by atoms with Crippen LogP contribution in [0.3, 0.4) is 0 Å². The summed E-state index contributed by atoms with van der Waals surface area (Å²) in [5.41, 5.74) is 0. The Morgan fingerprint density at radius 1 is 1.45 bits per heavy atom. The van der Waals surface area contributed by atoms with E-state index in [9.17, 15) is 0 Å². The summed E-state index contributed by atoms with van der Waals surface area (Å²) in [4.78, 5) is 7.04. The Bertz CT molecular complexity index is 408. The largest absolute Gasteiger partial charge is 0.487 e. The van der Waals surface area contributed by atoms with Gasteiger partial charge in [0.2, 0.25) is 0 Å². The van der Waals surface area contributed by atoms with Crippen LogP contribution >= 0.6 is 0 Å². The van der Waals surface area contributed by atoms with Crippen LogP contribution in [0.4, 0.5) is 5.82 Å². The van der Waals surface area contributed by atoms with Gasteiger partial charge in [0.1, 0.15) is 0 Å². The number of pyridine rings is 1. The Labute approximate surface area is 122 Å². The highest BCUT2D eigenvalue weighted by Gasteiger charge is 2.25. The first kappa shape index (κ1) is 15.1. The van der Waals surface area contributed by atoms with E-state index < -0.39 is 0 Å². The number of anilines is 1. The number of aromatic nitrogens is 1. The summed E-state index contributed by atoms with van der Waals surface area (Å²) >= 11 is 0. The molecule has 0 aromatic carbocycles. The van der Waals surface area contributed by atoms with E-state index in [1.807, 2.05) is 25.4 Å². The maximum atomic E-state index is 5.93. The normalized spacial score (nSPS) is 19.4. The van der Waals surface area contributed by atoms with Crippen molar-refractivity contribution in [3.05, 3.63) is 18.3 Å². The first-order chi connectivity index (χ1) is 9.72. The monoisotopic (exact) mass is 277 g/mol. The van der Waals surface area contributed by atoms with Gasteiger partial charge < -0.3 is 15.0 Å². The molecule has 0 bridgehead atoms. The standard InChI is InChI=1S/C16H27N3O/c1-13(2)20-15-8-6-10-18-16(15)19-12-5-4-7-14(19)9-11-17-3/h6,8,10,13-14,17H,4-5,7,9,11-12H2,1-3H3. The van der Waals surface area contributed by atoms with E-state index in [1.54, 1.807) is 0 Å². The number of piperidine rings is 1. The van der Waals surface area contributed by atoms with Crippen LogP contribution < -0.4 is 15.0 Å². The summed E-state index contributed by atoms with van der Waals surface area (Å²) in [5.74, 6) is 1.93. The number of hydrogen-bond acceptors (Lipinski definition) is 4. The van der Waals surface area contributed by atoms with Gasteiger partial charge in [-0.15, -0.1) is 0 Å². The number of rotatable bonds is 6. The van der Waals surface area contributed by atoms with Gasteiger partial charge in [-0.05, 0) is 65.3 Å². The number of ether oxygens (including phenoxy) is 1. The second kappa shape index (κ2) is 7.48. The molecular weight excluding hydrogens is 250 g/mol. The third-order valence-electron chi connectivity index (χ3n) is 3.74. The molecule has 0 radical (unpaired) electrons. The number of nitrogens with one attached hydrogen (secondary N) is 1. The Morgan fingerprint density at radius 3 is 3.05 bits per heavy atom. The van der Waals surface area contributed by atoms with Gasteiger partial charge in [0.05, 0.1) is 6.10 Å². The fraction of sp³-hybridized carbons (Fsp3) is 0.688. The third-order valence-corrected chi connectivity index (χ3v) is 3.74. The molecule has 1 aromatic heterocycles. The third kappa shape index (κ3) is 3.85. The Hall–Kier alpha value is -1.29. The minimum atomic E-state index is 0.179. The fourth-order valence-corrected chi connectivity index (χ4v) is 2.83. The number of nitrogens with zero attached hydrogens (tertiary/aromatic N) is 2.